The van der Waals surface area contributed by atoms with Gasteiger partial charge in [0.25, 0.3) is 11.6 Å². The van der Waals surface area contributed by atoms with Crippen LogP contribution in [-0.4, -0.2) is 23.6 Å². The van der Waals surface area contributed by atoms with Gasteiger partial charge in [-0.05, 0) is 43.2 Å². The minimum Gasteiger partial charge on any atom is -0.484 e. The van der Waals surface area contributed by atoms with Gasteiger partial charge in [0.1, 0.15) is 11.3 Å². The fourth-order valence-corrected chi connectivity index (χ4v) is 2.17. The van der Waals surface area contributed by atoms with Gasteiger partial charge in [-0.2, -0.15) is 13.2 Å². The zero-order chi connectivity index (χ0) is 19.5. The molecule has 0 radical (unpaired) electrons. The molecular formula is C17H15F3N2O4. The molecule has 9 heteroatoms. The van der Waals surface area contributed by atoms with E-state index in [1.54, 1.807) is 19.1 Å². The number of hydrogen-bond acceptors (Lipinski definition) is 4. The number of nitro groups is 1. The Morgan fingerprint density at radius 2 is 1.88 bits per heavy atom. The third-order valence-electron chi connectivity index (χ3n) is 3.45. The molecule has 0 fully saturated rings. The van der Waals surface area contributed by atoms with Crippen LogP contribution in [0.3, 0.4) is 0 Å². The molecule has 0 aliphatic carbocycles. The van der Waals surface area contributed by atoms with Crippen molar-refractivity contribution in [3.05, 3.63) is 63.2 Å². The Balaban J connectivity index is 2.33. The molecule has 1 amide bonds. The minimum absolute atomic E-state index is 0.293. The smallest absolute Gasteiger partial charge is 0.422 e. The van der Waals surface area contributed by atoms with E-state index in [4.69, 9.17) is 0 Å². The molecule has 0 saturated carbocycles. The van der Waals surface area contributed by atoms with Crippen LogP contribution < -0.4 is 10.1 Å². The number of hydrogen-bond donors (Lipinski definition) is 1. The molecule has 0 aliphatic heterocycles. The van der Waals surface area contributed by atoms with Gasteiger partial charge in [-0.1, -0.05) is 12.1 Å². The lowest BCUT2D eigenvalue weighted by Crippen LogP contribution is -2.20. The van der Waals surface area contributed by atoms with E-state index in [0.29, 0.717) is 5.69 Å². The largest absolute Gasteiger partial charge is 0.484 e. The molecule has 1 N–H and O–H groups in total. The molecule has 0 heterocycles. The fourth-order valence-electron chi connectivity index (χ4n) is 2.17. The van der Waals surface area contributed by atoms with Crippen molar-refractivity contribution >= 4 is 17.3 Å². The molecule has 26 heavy (non-hydrogen) atoms. The van der Waals surface area contributed by atoms with Crippen molar-refractivity contribution in [2.24, 2.45) is 0 Å². The van der Waals surface area contributed by atoms with Gasteiger partial charge >= 0.3 is 6.18 Å². The van der Waals surface area contributed by atoms with E-state index in [2.05, 4.69) is 10.1 Å². The first-order valence-corrected chi connectivity index (χ1v) is 7.43. The molecule has 0 bridgehead atoms. The number of benzene rings is 2. The summed E-state index contributed by atoms with van der Waals surface area (Å²) >= 11 is 0. The third-order valence-corrected chi connectivity index (χ3v) is 3.45. The van der Waals surface area contributed by atoms with Crippen molar-refractivity contribution in [1.29, 1.82) is 0 Å². The maximum Gasteiger partial charge on any atom is 0.422 e. The van der Waals surface area contributed by atoms with Gasteiger partial charge in [0.05, 0.1) is 4.92 Å². The number of halogens is 3. The van der Waals surface area contributed by atoms with E-state index in [-0.39, 0.29) is 5.75 Å². The lowest BCUT2D eigenvalue weighted by molar-refractivity contribution is -0.385. The molecule has 2 rings (SSSR count). The summed E-state index contributed by atoms with van der Waals surface area (Å²) in [6.45, 7) is 1.98. The van der Waals surface area contributed by atoms with Crippen molar-refractivity contribution < 1.29 is 27.6 Å². The van der Waals surface area contributed by atoms with Crippen molar-refractivity contribution in [3.63, 3.8) is 0 Å². The van der Waals surface area contributed by atoms with Crippen LogP contribution in [0.15, 0.2) is 36.4 Å². The maximum atomic E-state index is 12.5. The number of amides is 1. The topological polar surface area (TPSA) is 81.5 Å². The lowest BCUT2D eigenvalue weighted by atomic mass is 10.1. The van der Waals surface area contributed by atoms with E-state index >= 15 is 0 Å². The van der Waals surface area contributed by atoms with Crippen LogP contribution in [0.25, 0.3) is 0 Å². The highest BCUT2D eigenvalue weighted by Gasteiger charge is 2.29. The van der Waals surface area contributed by atoms with Gasteiger partial charge < -0.3 is 10.1 Å². The number of nitrogens with zero attached hydrogens (tertiary/aromatic N) is 1. The number of carbonyl (C=O) groups excluding carboxylic acids is 1. The molecule has 0 unspecified atom stereocenters. The highest BCUT2D eigenvalue weighted by molar-refractivity contribution is 6.07. The highest BCUT2D eigenvalue weighted by atomic mass is 19.4. The summed E-state index contributed by atoms with van der Waals surface area (Å²) in [6.07, 6.45) is -4.57. The average molecular weight is 368 g/mol. The molecule has 0 spiro atoms. The number of ether oxygens (including phenoxy) is 1. The van der Waals surface area contributed by atoms with Crippen LogP contribution in [-0.2, 0) is 0 Å². The Morgan fingerprint density at radius 1 is 1.19 bits per heavy atom. The van der Waals surface area contributed by atoms with Crippen molar-refractivity contribution in [1.82, 2.24) is 0 Å². The first-order valence-electron chi connectivity index (χ1n) is 7.43. The number of alkyl halides is 3. The minimum atomic E-state index is -4.57. The number of rotatable bonds is 5. The summed E-state index contributed by atoms with van der Waals surface area (Å²) < 4.78 is 41.4. The third kappa shape index (κ3) is 4.95. The van der Waals surface area contributed by atoms with Gasteiger partial charge in [0.2, 0.25) is 0 Å². The molecule has 0 saturated heterocycles. The van der Waals surface area contributed by atoms with Crippen LogP contribution in [0.2, 0.25) is 0 Å². The van der Waals surface area contributed by atoms with E-state index in [0.717, 1.165) is 29.3 Å². The van der Waals surface area contributed by atoms with Gasteiger partial charge in [-0.25, -0.2) is 0 Å². The quantitative estimate of drug-likeness (QED) is 0.626. The Morgan fingerprint density at radius 3 is 2.50 bits per heavy atom. The van der Waals surface area contributed by atoms with Gasteiger partial charge in [0.15, 0.2) is 6.61 Å². The van der Waals surface area contributed by atoms with Gasteiger partial charge in [-0.3, -0.25) is 14.9 Å². The van der Waals surface area contributed by atoms with E-state index in [9.17, 15) is 28.1 Å². The number of aryl methyl sites for hydroxylation is 2. The summed E-state index contributed by atoms with van der Waals surface area (Å²) in [5, 5.41) is 13.7. The van der Waals surface area contributed by atoms with Crippen molar-refractivity contribution in [2.75, 3.05) is 11.9 Å². The molecule has 6 nitrogen and oxygen atoms in total. The molecular weight excluding hydrogens is 353 g/mol. The predicted octanol–water partition coefficient (Wildman–Crippen LogP) is 4.41. The maximum absolute atomic E-state index is 12.5. The van der Waals surface area contributed by atoms with E-state index in [1.807, 2.05) is 13.0 Å². The fraction of sp³-hybridized carbons (Fsp3) is 0.235. The van der Waals surface area contributed by atoms with Gasteiger partial charge in [-0.15, -0.1) is 0 Å². The predicted molar refractivity (Wildman–Crippen MR) is 88.5 cm³/mol. The Bertz CT molecular complexity index is 850. The molecule has 0 aromatic heterocycles. The van der Waals surface area contributed by atoms with E-state index < -0.39 is 34.9 Å². The molecule has 138 valence electrons. The van der Waals surface area contributed by atoms with Gasteiger partial charge in [0, 0.05) is 11.8 Å². The summed E-state index contributed by atoms with van der Waals surface area (Å²) in [5.41, 5.74) is 1.12. The van der Waals surface area contributed by atoms with Crippen molar-refractivity contribution in [2.45, 2.75) is 20.0 Å². The average Bonchev–Trinajstić information content (AvgIpc) is 2.55. The number of nitro benzene ring substituents is 1. The summed E-state index contributed by atoms with van der Waals surface area (Å²) in [5.74, 6) is -1.11. The highest BCUT2D eigenvalue weighted by Crippen LogP contribution is 2.27. The summed E-state index contributed by atoms with van der Waals surface area (Å²) in [7, 11) is 0. The zero-order valence-electron chi connectivity index (χ0n) is 13.9. The molecule has 0 atom stereocenters. The zero-order valence-corrected chi connectivity index (χ0v) is 13.9. The second-order valence-corrected chi connectivity index (χ2v) is 5.61. The van der Waals surface area contributed by atoms with Crippen molar-refractivity contribution in [3.8, 4) is 5.75 Å². The standard InChI is InChI=1S/C17H15F3N2O4/c1-10-3-4-11(2)14(7-10)21-16(23)13-8-12(26-9-17(18,19)20)5-6-15(13)22(24)25/h3-8H,9H2,1-2H3,(H,21,23). The number of anilines is 1. The SMILES string of the molecule is Cc1ccc(C)c(NC(=O)c2cc(OCC(F)(F)F)ccc2[N+](=O)[O-])c1. The van der Waals surface area contributed by atoms with E-state index in [1.165, 1.54) is 0 Å². The number of carbonyl (C=O) groups is 1. The molecule has 0 aliphatic rings. The monoisotopic (exact) mass is 368 g/mol. The first-order chi connectivity index (χ1) is 12.1. The normalized spacial score (nSPS) is 11.1. The Labute approximate surface area is 146 Å². The number of nitrogens with one attached hydrogen (secondary N) is 1. The second kappa shape index (κ2) is 7.42. The second-order valence-electron chi connectivity index (χ2n) is 5.61. The van der Waals surface area contributed by atoms with Crippen LogP contribution in [0.5, 0.6) is 5.75 Å². The molecule has 2 aromatic carbocycles. The molecule has 2 aromatic rings. The van der Waals surface area contributed by atoms with Crippen LogP contribution >= 0.6 is 0 Å². The lowest BCUT2D eigenvalue weighted by Gasteiger charge is -2.12. The van der Waals surface area contributed by atoms with Crippen LogP contribution in [0, 0.1) is 24.0 Å². The Hall–Kier alpha value is -3.10. The first kappa shape index (κ1) is 19.2. The van der Waals surface area contributed by atoms with Crippen LogP contribution in [0.4, 0.5) is 24.5 Å². The Kier molecular flexibility index (Phi) is 5.49. The summed E-state index contributed by atoms with van der Waals surface area (Å²) in [6, 6.07) is 8.15. The summed E-state index contributed by atoms with van der Waals surface area (Å²) in [4.78, 5) is 22.8. The van der Waals surface area contributed by atoms with Crippen LogP contribution in [0.1, 0.15) is 21.5 Å².